The predicted molar refractivity (Wildman–Crippen MR) is 267 cm³/mol. The molecule has 0 amide bonds. The van der Waals surface area contributed by atoms with Crippen molar-refractivity contribution >= 4 is 37.2 Å². The average Bonchev–Trinajstić information content (AvgIpc) is 3.79. The van der Waals surface area contributed by atoms with E-state index >= 15 is 0 Å². The molecule has 0 bridgehead atoms. The summed E-state index contributed by atoms with van der Waals surface area (Å²) in [5.41, 5.74) is 3.59. The molecular formula is C52H70F10Na2O12P2S2. The number of aliphatic hydroxyl groups is 2. The van der Waals surface area contributed by atoms with Crippen LogP contribution in [0.1, 0.15) is 151 Å². The molecule has 0 aliphatic heterocycles. The average molecular weight is 1250 g/mol. The second-order valence-electron chi connectivity index (χ2n) is 23.2. The van der Waals surface area contributed by atoms with E-state index in [0.29, 0.717) is 44.9 Å². The third-order valence-electron chi connectivity index (χ3n) is 18.5. The fourth-order valence-corrected chi connectivity index (χ4v) is 17.9. The fraction of sp³-hybridized carbons (Fsp3) is 0.769. The Balaban J connectivity index is 0.000000287. The predicted octanol–water partition coefficient (Wildman–Crippen LogP) is 4.96. The Labute approximate surface area is 509 Å². The quantitative estimate of drug-likeness (QED) is 0.0788. The van der Waals surface area contributed by atoms with Crippen molar-refractivity contribution in [1.82, 2.24) is 0 Å². The van der Waals surface area contributed by atoms with Crippen LogP contribution in [0.4, 0.5) is 43.9 Å². The summed E-state index contributed by atoms with van der Waals surface area (Å²) in [6.45, 7) is 4.27. The van der Waals surface area contributed by atoms with Gasteiger partial charge >= 0.3 is 91.1 Å². The SMILES string of the molecule is C[C@]12CC[C@@H]3c4ccc(OP(=O)(O)O)cc4C[C@@H](CCCS(=O)CCCC(F)(F)C(F)(F)F)[C@H]3[C@@H]1CC[C@@H]2O.C[C@]12CC[C@@H]3c4ccc(OP(=O)([O-])[O-])cc4C[C@@H](CCCS(=O)CCCC(F)(F)C(F)(F)F)[C@H]3[C@@H]1CC[C@@H]2O.[Na+].[Na+]. The number of alkyl halides is 10. The van der Waals surface area contributed by atoms with E-state index in [1.165, 1.54) is 6.07 Å². The van der Waals surface area contributed by atoms with E-state index in [0.717, 1.165) is 67.2 Å². The molecule has 6 aliphatic carbocycles. The molecule has 12 nitrogen and oxygen atoms in total. The Kier molecular flexibility index (Phi) is 24.3. The first-order valence-corrected chi connectivity index (χ1v) is 32.7. The molecule has 0 spiro atoms. The molecule has 8 rings (SSSR count). The van der Waals surface area contributed by atoms with Crippen molar-refractivity contribution in [2.45, 2.75) is 178 Å². The number of aliphatic hydroxyl groups excluding tert-OH is 2. The maximum absolute atomic E-state index is 13.1. The van der Waals surface area contributed by atoms with Crippen LogP contribution in [0.3, 0.4) is 0 Å². The zero-order chi connectivity index (χ0) is 57.6. The summed E-state index contributed by atoms with van der Waals surface area (Å²) >= 11 is 0. The van der Waals surface area contributed by atoms with Gasteiger partial charge in [0.15, 0.2) is 0 Å². The van der Waals surface area contributed by atoms with Crippen LogP contribution in [0, 0.1) is 46.3 Å². The standard InChI is InChI=1S/2C26H36F5O6PS.2Na/c2*1-24-11-9-20-19-6-5-18(37-38(33,34)35)15-17(19)14-16(23(20)21(24)7-8-22(24)32)4-2-12-39(36)13-3-10-25(27,28)26(29,30)31;;/h2*5-6,15-16,20-23,32H,2-4,7-14H2,1H3,(H2,33,34,35);;/q;;2*+1/p-2/t2*16-,20-,21+,22+,23-,24+,39?;;/m11../s1. The molecule has 6 aliphatic rings. The number of hydrogen-bond donors (Lipinski definition) is 4. The van der Waals surface area contributed by atoms with Gasteiger partial charge < -0.3 is 33.6 Å². The van der Waals surface area contributed by atoms with E-state index in [9.17, 15) is 91.2 Å². The number of benzene rings is 2. The maximum Gasteiger partial charge on any atom is 1.00 e. The maximum atomic E-state index is 13.1. The molecule has 444 valence electrons. The molecule has 2 unspecified atom stereocenters. The molecule has 2 aromatic rings. The van der Waals surface area contributed by atoms with Crippen molar-refractivity contribution in [2.75, 3.05) is 23.0 Å². The number of phosphoric ester groups is 2. The molecule has 4 N–H and O–H groups in total. The van der Waals surface area contributed by atoms with Gasteiger partial charge in [0.25, 0.3) is 0 Å². The van der Waals surface area contributed by atoms with Gasteiger partial charge in [-0.25, -0.2) is 4.57 Å². The second kappa shape index (κ2) is 27.5. The minimum absolute atomic E-state index is 0. The third kappa shape index (κ3) is 16.7. The molecule has 80 heavy (non-hydrogen) atoms. The number of hydrogen-bond acceptors (Lipinski definition) is 10. The van der Waals surface area contributed by atoms with Crippen LogP contribution in [0.2, 0.25) is 0 Å². The van der Waals surface area contributed by atoms with Gasteiger partial charge in [0, 0.05) is 57.5 Å². The van der Waals surface area contributed by atoms with Gasteiger partial charge in [-0.2, -0.15) is 43.9 Å². The van der Waals surface area contributed by atoms with Crippen molar-refractivity contribution in [3.05, 3.63) is 58.7 Å². The van der Waals surface area contributed by atoms with E-state index in [1.807, 2.05) is 12.1 Å². The van der Waals surface area contributed by atoms with Crippen LogP contribution < -0.4 is 77.9 Å². The van der Waals surface area contributed by atoms with Crippen LogP contribution in [0.5, 0.6) is 11.5 Å². The number of phosphoric acid groups is 2. The summed E-state index contributed by atoms with van der Waals surface area (Å²) < 4.78 is 183. The van der Waals surface area contributed by atoms with Crippen LogP contribution in [-0.2, 0) is 43.6 Å². The Hall–Kier alpha value is -0.140. The molecule has 28 heteroatoms. The van der Waals surface area contributed by atoms with Crippen molar-refractivity contribution in [3.63, 3.8) is 0 Å². The minimum Gasteiger partial charge on any atom is -0.780 e. The zero-order valence-corrected chi connectivity index (χ0v) is 52.8. The Morgan fingerprint density at radius 2 is 0.950 bits per heavy atom. The Morgan fingerprint density at radius 3 is 1.30 bits per heavy atom. The summed E-state index contributed by atoms with van der Waals surface area (Å²) in [7, 11) is -13.0. The molecule has 14 atom stereocenters. The first-order valence-electron chi connectivity index (χ1n) is 26.7. The Bertz CT molecular complexity index is 2410. The van der Waals surface area contributed by atoms with Gasteiger partial charge in [-0.15, -0.1) is 0 Å². The molecule has 4 fully saturated rings. The number of halogens is 10. The smallest absolute Gasteiger partial charge is 0.780 e. The molecule has 4 saturated carbocycles. The van der Waals surface area contributed by atoms with Crippen molar-refractivity contribution in [3.8, 4) is 11.5 Å². The van der Waals surface area contributed by atoms with Gasteiger partial charge in [-0.05, 0) is 207 Å². The monoisotopic (exact) mass is 1250 g/mol. The summed E-state index contributed by atoms with van der Waals surface area (Å²) in [6, 6.07) is 9.98. The van der Waals surface area contributed by atoms with Crippen LogP contribution in [-0.4, -0.2) is 87.8 Å². The largest absolute Gasteiger partial charge is 1.00 e. The van der Waals surface area contributed by atoms with Crippen LogP contribution >= 0.6 is 15.6 Å². The van der Waals surface area contributed by atoms with Gasteiger partial charge in [0.2, 0.25) is 0 Å². The van der Waals surface area contributed by atoms with E-state index in [4.69, 9.17) is 4.52 Å². The molecular weight excluding hydrogens is 1180 g/mol. The molecule has 2 aromatic carbocycles. The zero-order valence-electron chi connectivity index (χ0n) is 45.3. The van der Waals surface area contributed by atoms with Crippen LogP contribution in [0.15, 0.2) is 36.4 Å². The van der Waals surface area contributed by atoms with E-state index in [2.05, 4.69) is 18.4 Å². The summed E-state index contributed by atoms with van der Waals surface area (Å²) in [5.74, 6) is -8.01. The van der Waals surface area contributed by atoms with Crippen molar-refractivity contribution in [1.29, 1.82) is 0 Å². The van der Waals surface area contributed by atoms with Gasteiger partial charge in [-0.1, -0.05) is 26.0 Å². The van der Waals surface area contributed by atoms with Gasteiger partial charge in [0.05, 0.1) is 12.2 Å². The fourth-order valence-electron chi connectivity index (χ4n) is 14.8. The molecule has 0 heterocycles. The van der Waals surface area contributed by atoms with Crippen LogP contribution in [0.25, 0.3) is 0 Å². The summed E-state index contributed by atoms with van der Waals surface area (Å²) in [4.78, 5) is 40.7. The van der Waals surface area contributed by atoms with Gasteiger partial charge in [-0.3, -0.25) is 18.2 Å². The summed E-state index contributed by atoms with van der Waals surface area (Å²) in [6.07, 6.45) is -5.67. The molecule has 0 aromatic heterocycles. The normalized spacial score (nSPS) is 31.0. The number of fused-ring (bicyclic) bond motifs is 10. The van der Waals surface area contributed by atoms with Crippen molar-refractivity contribution < 1.29 is 159 Å². The van der Waals surface area contributed by atoms with Gasteiger partial charge in [0.1, 0.15) is 19.3 Å². The molecule has 0 saturated heterocycles. The van der Waals surface area contributed by atoms with E-state index < -0.39 is 93.2 Å². The first kappa shape index (κ1) is 70.6. The van der Waals surface area contributed by atoms with E-state index in [-0.39, 0.29) is 158 Å². The number of rotatable bonds is 20. The first-order chi connectivity index (χ1) is 36.0. The Morgan fingerprint density at radius 1 is 0.588 bits per heavy atom. The van der Waals surface area contributed by atoms with E-state index in [1.54, 1.807) is 18.2 Å². The minimum atomic E-state index is -5.62. The van der Waals surface area contributed by atoms with Crippen molar-refractivity contribution in [2.24, 2.45) is 46.3 Å². The summed E-state index contributed by atoms with van der Waals surface area (Å²) in [5, 5.41) is 21.6. The second-order valence-corrected chi connectivity index (χ2v) is 28.9. The molecule has 0 radical (unpaired) electrons. The topological polar surface area (TPSA) is 214 Å². The third-order valence-corrected chi connectivity index (χ3v) is 22.4.